The second-order valence-electron chi connectivity index (χ2n) is 5.78. The Morgan fingerprint density at radius 3 is 2.43 bits per heavy atom. The van der Waals surface area contributed by atoms with Crippen LogP contribution in [0.1, 0.15) is 37.8 Å². The summed E-state index contributed by atoms with van der Waals surface area (Å²) in [7, 11) is 0. The van der Waals surface area contributed by atoms with Crippen LogP contribution >= 0.6 is 12.2 Å². The molecule has 0 saturated heterocycles. The van der Waals surface area contributed by atoms with Crippen LogP contribution in [0.2, 0.25) is 0 Å². The smallest absolute Gasteiger partial charge is 0.389 e. The minimum absolute atomic E-state index is 0.00227. The van der Waals surface area contributed by atoms with E-state index >= 15 is 0 Å². The lowest BCUT2D eigenvalue weighted by molar-refractivity contribution is -0.137. The van der Waals surface area contributed by atoms with Crippen LogP contribution in [0, 0.1) is 5.92 Å². The molecule has 1 saturated carbocycles. The molecule has 2 rings (SSSR count). The molecule has 0 aromatic heterocycles. The van der Waals surface area contributed by atoms with Gasteiger partial charge in [0.1, 0.15) is 4.99 Å². The Morgan fingerprint density at radius 2 is 2.00 bits per heavy atom. The Labute approximate surface area is 128 Å². The first-order chi connectivity index (χ1) is 9.70. The van der Waals surface area contributed by atoms with Crippen LogP contribution in [-0.4, -0.2) is 17.6 Å². The number of nitrogens with two attached hydrogens (primary N) is 1. The zero-order valence-corrected chi connectivity index (χ0v) is 12.9. The Balaban J connectivity index is 2.43. The normalized spacial score (nSPS) is 15.3. The lowest BCUT2D eigenvalue weighted by Crippen LogP contribution is -2.34. The first-order valence-electron chi connectivity index (χ1n) is 6.98. The predicted molar refractivity (Wildman–Crippen MR) is 82.5 cm³/mol. The fraction of sp³-hybridized carbons (Fsp3) is 0.533. The SMILES string of the molecule is CC(C)N(CC1CC1)c1ccc(C(F)(F)F)cc1C(N)=S. The lowest BCUT2D eigenvalue weighted by atomic mass is 10.1. The standard InChI is InChI=1S/C15H19F3N2S/c1-9(2)20(8-10-3-4-10)13-6-5-11(15(16,17)18)7-12(13)14(19)21/h5-7,9-10H,3-4,8H2,1-2H3,(H2,19,21). The molecule has 2 nitrogen and oxygen atoms in total. The number of nitrogens with zero attached hydrogens (tertiary/aromatic N) is 1. The van der Waals surface area contributed by atoms with Crippen molar-refractivity contribution >= 4 is 22.9 Å². The van der Waals surface area contributed by atoms with E-state index in [9.17, 15) is 13.2 Å². The van der Waals surface area contributed by atoms with Crippen molar-refractivity contribution in [1.29, 1.82) is 0 Å². The molecule has 0 amide bonds. The molecule has 21 heavy (non-hydrogen) atoms. The van der Waals surface area contributed by atoms with Crippen molar-refractivity contribution in [2.75, 3.05) is 11.4 Å². The number of anilines is 1. The van der Waals surface area contributed by atoms with Gasteiger partial charge in [0.05, 0.1) is 5.56 Å². The zero-order chi connectivity index (χ0) is 15.8. The molecule has 1 aliphatic carbocycles. The van der Waals surface area contributed by atoms with E-state index in [1.54, 1.807) is 0 Å². The Morgan fingerprint density at radius 1 is 1.38 bits per heavy atom. The third-order valence-corrected chi connectivity index (χ3v) is 3.89. The molecular formula is C15H19F3N2S. The highest BCUT2D eigenvalue weighted by Gasteiger charge is 2.32. The number of hydrogen-bond donors (Lipinski definition) is 1. The van der Waals surface area contributed by atoms with Crippen molar-refractivity contribution in [1.82, 2.24) is 0 Å². The third-order valence-electron chi connectivity index (χ3n) is 3.67. The van der Waals surface area contributed by atoms with Crippen molar-refractivity contribution < 1.29 is 13.2 Å². The van der Waals surface area contributed by atoms with Gasteiger partial charge in [-0.3, -0.25) is 0 Å². The molecule has 116 valence electrons. The predicted octanol–water partition coefficient (Wildman–Crippen LogP) is 3.96. The molecule has 1 fully saturated rings. The Hall–Kier alpha value is -1.30. The average Bonchev–Trinajstić information content (AvgIpc) is 3.17. The summed E-state index contributed by atoms with van der Waals surface area (Å²) >= 11 is 4.95. The minimum atomic E-state index is -4.39. The molecule has 0 radical (unpaired) electrons. The van der Waals surface area contributed by atoms with Crippen LogP contribution in [0.15, 0.2) is 18.2 Å². The fourth-order valence-corrected chi connectivity index (χ4v) is 2.49. The van der Waals surface area contributed by atoms with E-state index < -0.39 is 11.7 Å². The van der Waals surface area contributed by atoms with Crippen molar-refractivity contribution in [3.05, 3.63) is 29.3 Å². The van der Waals surface area contributed by atoms with Gasteiger partial charge >= 0.3 is 6.18 Å². The van der Waals surface area contributed by atoms with Crippen LogP contribution in [0.25, 0.3) is 0 Å². The summed E-state index contributed by atoms with van der Waals surface area (Å²) < 4.78 is 38.5. The highest BCUT2D eigenvalue weighted by molar-refractivity contribution is 7.80. The number of thiocarbonyl (C=S) groups is 1. The summed E-state index contributed by atoms with van der Waals surface area (Å²) in [5, 5.41) is 0. The van der Waals surface area contributed by atoms with Gasteiger partial charge in [0, 0.05) is 23.8 Å². The van der Waals surface area contributed by atoms with Gasteiger partial charge in [-0.2, -0.15) is 13.2 Å². The lowest BCUT2D eigenvalue weighted by Gasteiger charge is -2.31. The number of rotatable bonds is 5. The van der Waals surface area contributed by atoms with E-state index in [0.29, 0.717) is 17.2 Å². The molecule has 6 heteroatoms. The molecule has 0 spiro atoms. The summed E-state index contributed by atoms with van der Waals surface area (Å²) in [4.78, 5) is 2.09. The minimum Gasteiger partial charge on any atom is -0.389 e. The first-order valence-corrected chi connectivity index (χ1v) is 7.38. The van der Waals surface area contributed by atoms with Crippen LogP contribution in [0.3, 0.4) is 0 Å². The average molecular weight is 316 g/mol. The number of alkyl halides is 3. The van der Waals surface area contributed by atoms with E-state index in [0.717, 1.165) is 18.7 Å². The monoisotopic (exact) mass is 316 g/mol. The van der Waals surface area contributed by atoms with Gasteiger partial charge in [-0.1, -0.05) is 12.2 Å². The van der Waals surface area contributed by atoms with Crippen molar-refractivity contribution in [3.8, 4) is 0 Å². The van der Waals surface area contributed by atoms with Crippen LogP contribution in [0.4, 0.5) is 18.9 Å². The van der Waals surface area contributed by atoms with Gasteiger partial charge in [-0.15, -0.1) is 0 Å². The summed E-state index contributed by atoms with van der Waals surface area (Å²) in [5.74, 6) is 0.619. The topological polar surface area (TPSA) is 29.3 Å². The first kappa shape index (κ1) is 16.1. The van der Waals surface area contributed by atoms with Crippen molar-refractivity contribution in [2.45, 2.75) is 38.9 Å². The van der Waals surface area contributed by atoms with Crippen molar-refractivity contribution in [3.63, 3.8) is 0 Å². The molecule has 1 aliphatic rings. The van der Waals surface area contributed by atoms with Gasteiger partial charge in [0.25, 0.3) is 0 Å². The van der Waals surface area contributed by atoms with E-state index in [4.69, 9.17) is 18.0 Å². The van der Waals surface area contributed by atoms with E-state index in [2.05, 4.69) is 4.90 Å². The van der Waals surface area contributed by atoms with E-state index in [-0.39, 0.29) is 11.0 Å². The van der Waals surface area contributed by atoms with Crippen LogP contribution in [-0.2, 0) is 6.18 Å². The Bertz CT molecular complexity index is 536. The third kappa shape index (κ3) is 3.87. The van der Waals surface area contributed by atoms with Gasteiger partial charge in [-0.05, 0) is 50.8 Å². The van der Waals surface area contributed by atoms with Gasteiger partial charge < -0.3 is 10.6 Å². The Kier molecular flexibility index (Phi) is 4.46. The van der Waals surface area contributed by atoms with E-state index in [1.807, 2.05) is 13.8 Å². The van der Waals surface area contributed by atoms with Crippen LogP contribution < -0.4 is 10.6 Å². The number of benzene rings is 1. The van der Waals surface area contributed by atoms with Gasteiger partial charge in [0.2, 0.25) is 0 Å². The highest BCUT2D eigenvalue weighted by Crippen LogP contribution is 2.36. The maximum Gasteiger partial charge on any atom is 0.416 e. The summed E-state index contributed by atoms with van der Waals surface area (Å²) in [6.07, 6.45) is -2.05. The molecule has 0 unspecified atom stereocenters. The number of halogens is 3. The van der Waals surface area contributed by atoms with Gasteiger partial charge in [-0.25, -0.2) is 0 Å². The molecule has 2 N–H and O–H groups in total. The largest absolute Gasteiger partial charge is 0.416 e. The number of hydrogen-bond acceptors (Lipinski definition) is 2. The van der Waals surface area contributed by atoms with Gasteiger partial charge in [0.15, 0.2) is 0 Å². The maximum absolute atomic E-state index is 12.8. The van der Waals surface area contributed by atoms with Crippen molar-refractivity contribution in [2.24, 2.45) is 11.7 Å². The summed E-state index contributed by atoms with van der Waals surface area (Å²) in [5.41, 5.74) is 5.92. The quantitative estimate of drug-likeness (QED) is 0.834. The fourth-order valence-electron chi connectivity index (χ4n) is 2.33. The molecular weight excluding hydrogens is 297 g/mol. The van der Waals surface area contributed by atoms with Crippen LogP contribution in [0.5, 0.6) is 0 Å². The highest BCUT2D eigenvalue weighted by atomic mass is 32.1. The van der Waals surface area contributed by atoms with E-state index in [1.165, 1.54) is 18.9 Å². The zero-order valence-electron chi connectivity index (χ0n) is 12.1. The summed E-state index contributed by atoms with van der Waals surface area (Å²) in [6.45, 7) is 4.87. The molecule has 1 aromatic carbocycles. The maximum atomic E-state index is 12.8. The second kappa shape index (κ2) is 5.83. The molecule has 0 bridgehead atoms. The molecule has 1 aromatic rings. The molecule has 0 atom stereocenters. The summed E-state index contributed by atoms with van der Waals surface area (Å²) in [6, 6.07) is 3.81. The molecule has 0 aliphatic heterocycles. The second-order valence-corrected chi connectivity index (χ2v) is 6.22. The molecule has 0 heterocycles.